The smallest absolute Gasteiger partial charge is 0.269 e. The second kappa shape index (κ2) is 10.5. The second-order valence-electron chi connectivity index (χ2n) is 6.13. The molecule has 0 bridgehead atoms. The monoisotopic (exact) mass is 461 g/mol. The van der Waals surface area contributed by atoms with Gasteiger partial charge in [-0.3, -0.25) is 20.0 Å². The molecule has 1 saturated heterocycles. The molecule has 0 saturated carbocycles. The minimum atomic E-state index is -0.371. The molecule has 0 radical (unpaired) electrons. The topological polar surface area (TPSA) is 74.0 Å². The first-order valence-electron chi connectivity index (χ1n) is 8.44. The van der Waals surface area contributed by atoms with Crippen LogP contribution in [0.3, 0.4) is 0 Å². The predicted octanol–water partition coefficient (Wildman–Crippen LogP) is 2.70. The Balaban J connectivity index is 0.00000312. The maximum absolute atomic E-state index is 10.9. The highest BCUT2D eigenvalue weighted by molar-refractivity contribution is 14.0. The fourth-order valence-electron chi connectivity index (χ4n) is 3.27. The summed E-state index contributed by atoms with van der Waals surface area (Å²) >= 11 is 0. The summed E-state index contributed by atoms with van der Waals surface area (Å²) in [5.41, 5.74) is 0.983. The molecule has 0 aliphatic carbocycles. The summed E-state index contributed by atoms with van der Waals surface area (Å²) in [4.78, 5) is 19.5. The number of nitrogens with zero attached hydrogens (tertiary/aromatic N) is 4. The number of likely N-dealkylation sites (N-methyl/N-ethyl adjacent to an activating group) is 2. The number of nitrogens with one attached hydrogen (secondary N) is 1. The van der Waals surface area contributed by atoms with E-state index in [0.717, 1.165) is 24.6 Å². The van der Waals surface area contributed by atoms with Gasteiger partial charge in [-0.2, -0.15) is 0 Å². The number of hydrogen-bond acceptors (Lipinski definition) is 4. The first-order chi connectivity index (χ1) is 11.5. The van der Waals surface area contributed by atoms with Crippen molar-refractivity contribution in [3.8, 4) is 0 Å². The predicted molar refractivity (Wildman–Crippen MR) is 112 cm³/mol. The summed E-state index contributed by atoms with van der Waals surface area (Å²) in [5, 5.41) is 14.1. The van der Waals surface area contributed by atoms with Crippen molar-refractivity contribution in [3.63, 3.8) is 0 Å². The molecule has 7 nitrogen and oxygen atoms in total. The van der Waals surface area contributed by atoms with Crippen LogP contribution in [0.2, 0.25) is 0 Å². The molecule has 1 aliphatic heterocycles. The Labute approximate surface area is 166 Å². The number of nitro groups is 1. The Morgan fingerprint density at radius 1 is 1.52 bits per heavy atom. The molecule has 1 N–H and O–H groups in total. The van der Waals surface area contributed by atoms with Crippen LogP contribution >= 0.6 is 24.0 Å². The number of rotatable bonds is 6. The number of guanidine groups is 1. The summed E-state index contributed by atoms with van der Waals surface area (Å²) in [6.45, 7) is 5.91. The normalized spacial score (nSPS) is 17.9. The van der Waals surface area contributed by atoms with E-state index in [9.17, 15) is 10.1 Å². The fourth-order valence-corrected chi connectivity index (χ4v) is 3.27. The van der Waals surface area contributed by atoms with E-state index >= 15 is 0 Å². The van der Waals surface area contributed by atoms with E-state index in [4.69, 9.17) is 0 Å². The summed E-state index contributed by atoms with van der Waals surface area (Å²) in [6.07, 6.45) is 2.48. The lowest BCUT2D eigenvalue weighted by atomic mass is 10.2. The first-order valence-corrected chi connectivity index (χ1v) is 8.44. The minimum Gasteiger partial charge on any atom is -0.352 e. The SMILES string of the molecule is CCN1CCCC1CN(C)C(=NC)NCc1cccc([N+](=O)[O-])c1.I. The van der Waals surface area contributed by atoms with Gasteiger partial charge in [-0.25, -0.2) is 0 Å². The van der Waals surface area contributed by atoms with Crippen LogP contribution in [-0.4, -0.2) is 60.5 Å². The van der Waals surface area contributed by atoms with Crippen molar-refractivity contribution in [3.05, 3.63) is 39.9 Å². The molecule has 1 atom stereocenters. The molecule has 1 unspecified atom stereocenters. The molecular weight excluding hydrogens is 433 g/mol. The van der Waals surface area contributed by atoms with E-state index in [0.29, 0.717) is 12.6 Å². The largest absolute Gasteiger partial charge is 0.352 e. The Morgan fingerprint density at radius 3 is 2.92 bits per heavy atom. The van der Waals surface area contributed by atoms with E-state index in [1.165, 1.54) is 25.5 Å². The molecule has 140 valence electrons. The number of aliphatic imine (C=N–C) groups is 1. The van der Waals surface area contributed by atoms with Gasteiger partial charge in [0.15, 0.2) is 5.96 Å². The van der Waals surface area contributed by atoms with Crippen molar-refractivity contribution < 1.29 is 4.92 Å². The molecule has 8 heteroatoms. The third kappa shape index (κ3) is 6.10. The molecule has 1 aromatic rings. The number of likely N-dealkylation sites (tertiary alicyclic amines) is 1. The zero-order chi connectivity index (χ0) is 17.5. The van der Waals surface area contributed by atoms with Crippen molar-refractivity contribution in [1.29, 1.82) is 0 Å². The van der Waals surface area contributed by atoms with Crippen LogP contribution in [0.1, 0.15) is 25.3 Å². The number of non-ortho nitro benzene ring substituents is 1. The Bertz CT molecular complexity index is 596. The third-order valence-electron chi connectivity index (χ3n) is 4.54. The van der Waals surface area contributed by atoms with Gasteiger partial charge < -0.3 is 10.2 Å². The molecule has 1 fully saturated rings. The maximum Gasteiger partial charge on any atom is 0.269 e. The molecule has 1 aromatic carbocycles. The van der Waals surface area contributed by atoms with Crippen LogP contribution < -0.4 is 5.32 Å². The van der Waals surface area contributed by atoms with Gasteiger partial charge in [-0.15, -0.1) is 24.0 Å². The minimum absolute atomic E-state index is 0. The van der Waals surface area contributed by atoms with E-state index in [1.54, 1.807) is 19.2 Å². The van der Waals surface area contributed by atoms with Gasteiger partial charge in [0.05, 0.1) is 4.92 Å². The van der Waals surface area contributed by atoms with Crippen LogP contribution in [0, 0.1) is 10.1 Å². The Hall–Kier alpha value is -1.42. The number of nitro benzene ring substituents is 1. The van der Waals surface area contributed by atoms with Gasteiger partial charge >= 0.3 is 0 Å². The van der Waals surface area contributed by atoms with Crippen LogP contribution in [0.15, 0.2) is 29.3 Å². The lowest BCUT2D eigenvalue weighted by molar-refractivity contribution is -0.384. The van der Waals surface area contributed by atoms with Crippen molar-refractivity contribution in [2.24, 2.45) is 4.99 Å². The number of benzene rings is 1. The van der Waals surface area contributed by atoms with Gasteiger partial charge in [0.1, 0.15) is 0 Å². The second-order valence-corrected chi connectivity index (χ2v) is 6.13. The number of hydrogen-bond donors (Lipinski definition) is 1. The van der Waals surface area contributed by atoms with Gasteiger partial charge in [0.2, 0.25) is 0 Å². The first kappa shape index (κ1) is 21.6. The third-order valence-corrected chi connectivity index (χ3v) is 4.54. The molecule has 0 amide bonds. The van der Waals surface area contributed by atoms with E-state index in [2.05, 4.69) is 27.0 Å². The van der Waals surface area contributed by atoms with E-state index < -0.39 is 0 Å². The molecule has 25 heavy (non-hydrogen) atoms. The quantitative estimate of drug-likeness (QED) is 0.232. The zero-order valence-electron chi connectivity index (χ0n) is 15.1. The standard InChI is InChI=1S/C17H27N5O2.HI/c1-4-21-10-6-9-16(21)13-20(3)17(18-2)19-12-14-7-5-8-15(11-14)22(23)24;/h5,7-8,11,16H,4,6,9-10,12-13H2,1-3H3,(H,18,19);1H. The maximum atomic E-state index is 10.9. The molecule has 1 heterocycles. The average Bonchev–Trinajstić information content (AvgIpc) is 3.02. The highest BCUT2D eigenvalue weighted by Gasteiger charge is 2.24. The molecule has 0 spiro atoms. The van der Waals surface area contributed by atoms with Crippen LogP contribution in [0.25, 0.3) is 0 Å². The fraction of sp³-hybridized carbons (Fsp3) is 0.588. The summed E-state index contributed by atoms with van der Waals surface area (Å²) in [5.74, 6) is 0.810. The summed E-state index contributed by atoms with van der Waals surface area (Å²) in [7, 11) is 3.80. The van der Waals surface area contributed by atoms with Gasteiger partial charge in [-0.1, -0.05) is 19.1 Å². The lowest BCUT2D eigenvalue weighted by Crippen LogP contribution is -2.45. The zero-order valence-corrected chi connectivity index (χ0v) is 17.5. The Morgan fingerprint density at radius 2 is 2.28 bits per heavy atom. The van der Waals surface area contributed by atoms with E-state index in [-0.39, 0.29) is 34.6 Å². The van der Waals surface area contributed by atoms with Crippen LogP contribution in [0.5, 0.6) is 0 Å². The summed E-state index contributed by atoms with van der Waals surface area (Å²) in [6, 6.07) is 7.25. The Kier molecular flexibility index (Phi) is 9.12. The average molecular weight is 461 g/mol. The molecule has 2 rings (SSSR count). The molecule has 0 aromatic heterocycles. The highest BCUT2D eigenvalue weighted by Crippen LogP contribution is 2.17. The van der Waals surface area contributed by atoms with Crippen LogP contribution in [0.4, 0.5) is 5.69 Å². The summed E-state index contributed by atoms with van der Waals surface area (Å²) < 4.78 is 0. The van der Waals surface area contributed by atoms with Crippen molar-refractivity contribution >= 4 is 35.6 Å². The van der Waals surface area contributed by atoms with Gasteiger partial charge in [0.25, 0.3) is 5.69 Å². The molecular formula is C17H28IN5O2. The van der Waals surface area contributed by atoms with Crippen molar-refractivity contribution in [2.75, 3.05) is 33.7 Å². The van der Waals surface area contributed by atoms with Gasteiger partial charge in [-0.05, 0) is 31.5 Å². The van der Waals surface area contributed by atoms with Crippen molar-refractivity contribution in [2.45, 2.75) is 32.4 Å². The highest BCUT2D eigenvalue weighted by atomic mass is 127. The lowest BCUT2D eigenvalue weighted by Gasteiger charge is -2.29. The molecule has 1 aliphatic rings. The van der Waals surface area contributed by atoms with Gasteiger partial charge in [0, 0.05) is 45.4 Å². The van der Waals surface area contributed by atoms with Crippen LogP contribution in [-0.2, 0) is 6.54 Å². The van der Waals surface area contributed by atoms with E-state index in [1.807, 2.05) is 13.1 Å². The number of halogens is 1. The van der Waals surface area contributed by atoms with Crippen molar-refractivity contribution in [1.82, 2.24) is 15.1 Å².